The summed E-state index contributed by atoms with van der Waals surface area (Å²) in [5.74, 6) is -0.817. The van der Waals surface area contributed by atoms with Gasteiger partial charge in [0.2, 0.25) is 0 Å². The van der Waals surface area contributed by atoms with E-state index in [1.165, 1.54) is 22.3 Å². The number of carboxylic acid groups (broad SMARTS) is 1. The Bertz CT molecular complexity index is 450. The maximum atomic E-state index is 10.5. The molecule has 0 heterocycles. The van der Waals surface area contributed by atoms with Gasteiger partial charge in [-0.15, -0.1) is 0 Å². The molecule has 0 saturated carbocycles. The monoisotopic (exact) mass is 249 g/mol. The number of carboxylic acids is 1. The molecule has 0 amide bonds. The van der Waals surface area contributed by atoms with Crippen LogP contribution in [-0.4, -0.2) is 24.2 Å². The van der Waals surface area contributed by atoms with E-state index in [4.69, 9.17) is 5.11 Å². The summed E-state index contributed by atoms with van der Waals surface area (Å²) >= 11 is 0. The number of hydrogen-bond acceptors (Lipinski definition) is 2. The molecule has 18 heavy (non-hydrogen) atoms. The average molecular weight is 249 g/mol. The molecule has 3 nitrogen and oxygen atoms in total. The summed E-state index contributed by atoms with van der Waals surface area (Å²) in [5.41, 5.74) is 5.13. The van der Waals surface area contributed by atoms with Gasteiger partial charge in [-0.1, -0.05) is 26.0 Å². The number of benzene rings is 1. The number of hydrogen-bond donors (Lipinski definition) is 2. The van der Waals surface area contributed by atoms with Crippen molar-refractivity contribution < 1.29 is 9.90 Å². The lowest BCUT2D eigenvalue weighted by atomic mass is 9.80. The number of aliphatic carboxylic acids is 1. The standard InChI is InChI=1S/C15H23NO2/c1-10-6-7-13(12(3)11(10)2)15(4,5)9-16-8-14(17)18/h6-7,16H,8-9H2,1-5H3,(H,17,18). The first-order valence-corrected chi connectivity index (χ1v) is 6.25. The quantitative estimate of drug-likeness (QED) is 0.843. The van der Waals surface area contributed by atoms with E-state index >= 15 is 0 Å². The molecular formula is C15H23NO2. The maximum Gasteiger partial charge on any atom is 0.317 e. The van der Waals surface area contributed by atoms with Gasteiger partial charge in [0.15, 0.2) is 0 Å². The highest BCUT2D eigenvalue weighted by Gasteiger charge is 2.23. The normalized spacial score (nSPS) is 11.6. The molecular weight excluding hydrogens is 226 g/mol. The fraction of sp³-hybridized carbons (Fsp3) is 0.533. The van der Waals surface area contributed by atoms with Gasteiger partial charge in [-0.3, -0.25) is 4.79 Å². The van der Waals surface area contributed by atoms with E-state index in [9.17, 15) is 4.79 Å². The SMILES string of the molecule is Cc1ccc(C(C)(C)CNCC(=O)O)c(C)c1C. The summed E-state index contributed by atoms with van der Waals surface area (Å²) in [5, 5.41) is 11.6. The predicted molar refractivity (Wildman–Crippen MR) is 74.2 cm³/mol. The van der Waals surface area contributed by atoms with E-state index in [2.05, 4.69) is 52.1 Å². The van der Waals surface area contributed by atoms with Gasteiger partial charge in [0, 0.05) is 12.0 Å². The second-order valence-corrected chi connectivity index (χ2v) is 5.56. The first-order chi connectivity index (χ1) is 8.25. The largest absolute Gasteiger partial charge is 0.480 e. The summed E-state index contributed by atoms with van der Waals surface area (Å²) in [4.78, 5) is 10.5. The van der Waals surface area contributed by atoms with Gasteiger partial charge >= 0.3 is 5.97 Å². The third kappa shape index (κ3) is 3.33. The summed E-state index contributed by atoms with van der Waals surface area (Å²) in [6, 6.07) is 4.29. The minimum atomic E-state index is -0.817. The molecule has 1 aromatic rings. The van der Waals surface area contributed by atoms with Crippen LogP contribution in [0.25, 0.3) is 0 Å². The number of carbonyl (C=O) groups is 1. The number of nitrogens with one attached hydrogen (secondary N) is 1. The van der Waals surface area contributed by atoms with E-state index < -0.39 is 5.97 Å². The number of aryl methyl sites for hydroxylation is 1. The van der Waals surface area contributed by atoms with Crippen LogP contribution in [0.1, 0.15) is 36.1 Å². The van der Waals surface area contributed by atoms with Gasteiger partial charge in [0.05, 0.1) is 6.54 Å². The van der Waals surface area contributed by atoms with Crippen molar-refractivity contribution in [2.24, 2.45) is 0 Å². The third-order valence-electron chi connectivity index (χ3n) is 3.63. The lowest BCUT2D eigenvalue weighted by molar-refractivity contribution is -0.136. The maximum absolute atomic E-state index is 10.5. The van der Waals surface area contributed by atoms with Gasteiger partial charge in [0.25, 0.3) is 0 Å². The van der Waals surface area contributed by atoms with E-state index in [-0.39, 0.29) is 12.0 Å². The third-order valence-corrected chi connectivity index (χ3v) is 3.63. The fourth-order valence-corrected chi connectivity index (χ4v) is 2.27. The highest BCUT2D eigenvalue weighted by Crippen LogP contribution is 2.28. The van der Waals surface area contributed by atoms with Crippen LogP contribution < -0.4 is 5.32 Å². The zero-order valence-corrected chi connectivity index (χ0v) is 11.9. The highest BCUT2D eigenvalue weighted by molar-refractivity contribution is 5.69. The lowest BCUT2D eigenvalue weighted by Gasteiger charge is -2.28. The molecule has 0 aliphatic rings. The van der Waals surface area contributed by atoms with Crippen LogP contribution in [0.2, 0.25) is 0 Å². The fourth-order valence-electron chi connectivity index (χ4n) is 2.27. The van der Waals surface area contributed by atoms with Crippen molar-refractivity contribution in [1.82, 2.24) is 5.32 Å². The second-order valence-electron chi connectivity index (χ2n) is 5.56. The van der Waals surface area contributed by atoms with Crippen molar-refractivity contribution in [2.75, 3.05) is 13.1 Å². The van der Waals surface area contributed by atoms with Crippen LogP contribution in [0, 0.1) is 20.8 Å². The van der Waals surface area contributed by atoms with Gasteiger partial charge in [-0.25, -0.2) is 0 Å². The van der Waals surface area contributed by atoms with Crippen LogP contribution >= 0.6 is 0 Å². The molecule has 0 bridgehead atoms. The Labute approximate surface area is 109 Å². The summed E-state index contributed by atoms with van der Waals surface area (Å²) in [6.45, 7) is 11.3. The molecule has 1 aromatic carbocycles. The van der Waals surface area contributed by atoms with Crippen molar-refractivity contribution in [3.05, 3.63) is 34.4 Å². The van der Waals surface area contributed by atoms with E-state index in [1.54, 1.807) is 0 Å². The van der Waals surface area contributed by atoms with Crippen molar-refractivity contribution in [3.63, 3.8) is 0 Å². The Morgan fingerprint density at radius 3 is 2.39 bits per heavy atom. The molecule has 0 saturated heterocycles. The summed E-state index contributed by atoms with van der Waals surface area (Å²) in [7, 11) is 0. The van der Waals surface area contributed by atoms with E-state index in [1.807, 2.05) is 0 Å². The Balaban J connectivity index is 2.91. The Morgan fingerprint density at radius 1 is 1.22 bits per heavy atom. The molecule has 0 radical (unpaired) electrons. The smallest absolute Gasteiger partial charge is 0.317 e. The molecule has 0 fully saturated rings. The second kappa shape index (κ2) is 5.53. The molecule has 0 aliphatic carbocycles. The molecule has 1 rings (SSSR count). The first-order valence-electron chi connectivity index (χ1n) is 6.25. The van der Waals surface area contributed by atoms with Gasteiger partial charge in [0.1, 0.15) is 0 Å². The molecule has 2 N–H and O–H groups in total. The van der Waals surface area contributed by atoms with Gasteiger partial charge in [-0.05, 0) is 43.0 Å². The number of rotatable bonds is 5. The minimum absolute atomic E-state index is 0.00726. The Morgan fingerprint density at radius 2 is 1.83 bits per heavy atom. The van der Waals surface area contributed by atoms with Crippen LogP contribution in [-0.2, 0) is 10.2 Å². The van der Waals surface area contributed by atoms with Crippen LogP contribution in [0.4, 0.5) is 0 Å². The topological polar surface area (TPSA) is 49.3 Å². The predicted octanol–water partition coefficient (Wildman–Crippen LogP) is 2.56. The molecule has 0 aromatic heterocycles. The lowest BCUT2D eigenvalue weighted by Crippen LogP contribution is -2.36. The molecule has 0 aliphatic heterocycles. The average Bonchev–Trinajstić information content (AvgIpc) is 2.24. The molecule has 3 heteroatoms. The van der Waals surface area contributed by atoms with Crippen molar-refractivity contribution in [1.29, 1.82) is 0 Å². The van der Waals surface area contributed by atoms with Gasteiger partial charge < -0.3 is 10.4 Å². The van der Waals surface area contributed by atoms with E-state index in [0.717, 1.165) is 0 Å². The van der Waals surface area contributed by atoms with Crippen molar-refractivity contribution >= 4 is 5.97 Å². The van der Waals surface area contributed by atoms with E-state index in [0.29, 0.717) is 6.54 Å². The Kier molecular flexibility index (Phi) is 4.52. The van der Waals surface area contributed by atoms with Crippen LogP contribution in [0.3, 0.4) is 0 Å². The highest BCUT2D eigenvalue weighted by atomic mass is 16.4. The zero-order valence-electron chi connectivity index (χ0n) is 11.9. The first kappa shape index (κ1) is 14.7. The zero-order chi connectivity index (χ0) is 13.9. The summed E-state index contributed by atoms with van der Waals surface area (Å²) < 4.78 is 0. The molecule has 0 spiro atoms. The minimum Gasteiger partial charge on any atom is -0.480 e. The van der Waals surface area contributed by atoms with Crippen molar-refractivity contribution in [2.45, 2.75) is 40.0 Å². The van der Waals surface area contributed by atoms with Crippen molar-refractivity contribution in [3.8, 4) is 0 Å². The summed E-state index contributed by atoms with van der Waals surface area (Å²) in [6.07, 6.45) is 0. The van der Waals surface area contributed by atoms with Gasteiger partial charge in [-0.2, -0.15) is 0 Å². The Hall–Kier alpha value is -1.35. The molecule has 100 valence electrons. The van der Waals surface area contributed by atoms with Crippen LogP contribution in [0.5, 0.6) is 0 Å². The molecule has 0 unspecified atom stereocenters. The molecule has 0 atom stereocenters. The van der Waals surface area contributed by atoms with Crippen LogP contribution in [0.15, 0.2) is 12.1 Å².